The highest BCUT2D eigenvalue weighted by Gasteiger charge is 2.11. The molecule has 18 heavy (non-hydrogen) atoms. The van der Waals surface area contributed by atoms with Crippen LogP contribution in [-0.4, -0.2) is 29.1 Å². The molecule has 0 bridgehead atoms. The number of rotatable bonds is 5. The summed E-state index contributed by atoms with van der Waals surface area (Å²) in [5.74, 6) is -0.761. The molecule has 0 heterocycles. The molecule has 0 aliphatic carbocycles. The molecule has 0 aliphatic rings. The minimum absolute atomic E-state index is 0.117. The van der Waals surface area contributed by atoms with Crippen molar-refractivity contribution in [1.29, 1.82) is 0 Å². The quantitative estimate of drug-likeness (QED) is 0.717. The van der Waals surface area contributed by atoms with Crippen molar-refractivity contribution in [2.45, 2.75) is 32.4 Å². The van der Waals surface area contributed by atoms with E-state index < -0.39 is 12.0 Å². The van der Waals surface area contributed by atoms with Gasteiger partial charge >= 0.3 is 0 Å². The topological polar surface area (TPSA) is 92.4 Å². The fourth-order valence-corrected chi connectivity index (χ4v) is 1.66. The van der Waals surface area contributed by atoms with E-state index in [0.717, 1.165) is 0 Å². The summed E-state index contributed by atoms with van der Waals surface area (Å²) in [5.41, 5.74) is 5.93. The van der Waals surface area contributed by atoms with Crippen LogP contribution in [0.4, 0.5) is 0 Å². The van der Waals surface area contributed by atoms with Gasteiger partial charge in [0.05, 0.1) is 6.10 Å². The van der Waals surface area contributed by atoms with Gasteiger partial charge in [0, 0.05) is 17.2 Å². The Bertz CT molecular complexity index is 426. The third-order valence-corrected chi connectivity index (χ3v) is 2.50. The molecular weight excluding hydrogens is 232 g/mol. The molecule has 1 aromatic rings. The summed E-state index contributed by atoms with van der Waals surface area (Å²) in [5, 5.41) is 12.0. The number of nitrogens with two attached hydrogens (primary N) is 1. The third kappa shape index (κ3) is 4.18. The van der Waals surface area contributed by atoms with Gasteiger partial charge in [-0.15, -0.1) is 0 Å². The summed E-state index contributed by atoms with van der Waals surface area (Å²) >= 11 is 0. The van der Waals surface area contributed by atoms with Crippen LogP contribution in [0.2, 0.25) is 0 Å². The van der Waals surface area contributed by atoms with Gasteiger partial charge in [0.15, 0.2) is 0 Å². The number of hydrogen-bond donors (Lipinski definition) is 3. The van der Waals surface area contributed by atoms with Gasteiger partial charge in [-0.3, -0.25) is 9.59 Å². The van der Waals surface area contributed by atoms with Gasteiger partial charge in [-0.25, -0.2) is 0 Å². The third-order valence-electron chi connectivity index (χ3n) is 2.50. The molecule has 5 nitrogen and oxygen atoms in total. The van der Waals surface area contributed by atoms with E-state index in [1.165, 1.54) is 12.1 Å². The Morgan fingerprint density at radius 1 is 1.22 bits per heavy atom. The second-order valence-electron chi connectivity index (χ2n) is 4.40. The number of amides is 2. The van der Waals surface area contributed by atoms with Gasteiger partial charge in [-0.05, 0) is 44.5 Å². The zero-order valence-electron chi connectivity index (χ0n) is 10.5. The molecule has 1 aromatic carbocycles. The Morgan fingerprint density at radius 3 is 2.17 bits per heavy atom. The largest absolute Gasteiger partial charge is 0.393 e. The summed E-state index contributed by atoms with van der Waals surface area (Å²) in [6, 6.07) is 6.00. The molecule has 2 unspecified atom stereocenters. The Labute approximate surface area is 106 Å². The molecule has 2 atom stereocenters. The standard InChI is InChI=1S/C13H18N2O3/c1-8(7-9(2)16)15-13(18)11-5-3-10(4-6-11)12(14)17/h3-6,8-9,16H,7H2,1-2H3,(H2,14,17)(H,15,18). The van der Waals surface area contributed by atoms with Crippen LogP contribution < -0.4 is 11.1 Å². The fraction of sp³-hybridized carbons (Fsp3) is 0.385. The molecule has 0 fully saturated rings. The fourth-order valence-electron chi connectivity index (χ4n) is 1.66. The Morgan fingerprint density at radius 2 is 1.72 bits per heavy atom. The van der Waals surface area contributed by atoms with Gasteiger partial charge in [-0.1, -0.05) is 0 Å². The van der Waals surface area contributed by atoms with Crippen LogP contribution in [0, 0.1) is 0 Å². The van der Waals surface area contributed by atoms with E-state index in [0.29, 0.717) is 17.5 Å². The maximum Gasteiger partial charge on any atom is 0.251 e. The smallest absolute Gasteiger partial charge is 0.251 e. The number of carbonyl (C=O) groups is 2. The molecule has 0 aromatic heterocycles. The summed E-state index contributed by atoms with van der Waals surface area (Å²) < 4.78 is 0. The molecule has 0 saturated carbocycles. The average molecular weight is 250 g/mol. The van der Waals surface area contributed by atoms with Crippen molar-refractivity contribution in [3.05, 3.63) is 35.4 Å². The molecule has 5 heteroatoms. The number of aliphatic hydroxyl groups excluding tert-OH is 1. The lowest BCUT2D eigenvalue weighted by Crippen LogP contribution is -2.34. The van der Waals surface area contributed by atoms with Crippen molar-refractivity contribution in [3.63, 3.8) is 0 Å². The van der Waals surface area contributed by atoms with E-state index in [1.807, 2.05) is 6.92 Å². The Balaban J connectivity index is 2.64. The number of carbonyl (C=O) groups excluding carboxylic acids is 2. The number of aliphatic hydroxyl groups is 1. The zero-order valence-corrected chi connectivity index (χ0v) is 10.5. The highest BCUT2D eigenvalue weighted by Crippen LogP contribution is 2.05. The van der Waals surface area contributed by atoms with Crippen LogP contribution in [0.25, 0.3) is 0 Å². The minimum atomic E-state index is -0.524. The number of benzene rings is 1. The summed E-state index contributed by atoms with van der Waals surface area (Å²) in [4.78, 5) is 22.7. The Kier molecular flexibility index (Phi) is 4.85. The first-order chi connectivity index (χ1) is 8.40. The van der Waals surface area contributed by atoms with E-state index >= 15 is 0 Å². The first-order valence-corrected chi connectivity index (χ1v) is 5.79. The molecule has 0 radical (unpaired) electrons. The van der Waals surface area contributed by atoms with Gasteiger partial charge in [0.2, 0.25) is 5.91 Å². The monoisotopic (exact) mass is 250 g/mol. The van der Waals surface area contributed by atoms with Crippen LogP contribution in [-0.2, 0) is 0 Å². The Hall–Kier alpha value is -1.88. The van der Waals surface area contributed by atoms with Gasteiger partial charge in [-0.2, -0.15) is 0 Å². The second kappa shape index (κ2) is 6.16. The van der Waals surface area contributed by atoms with E-state index in [1.54, 1.807) is 19.1 Å². The predicted molar refractivity (Wildman–Crippen MR) is 68.2 cm³/mol. The first-order valence-electron chi connectivity index (χ1n) is 5.79. The minimum Gasteiger partial charge on any atom is -0.393 e. The molecule has 98 valence electrons. The van der Waals surface area contributed by atoms with Crippen LogP contribution in [0.15, 0.2) is 24.3 Å². The molecular formula is C13H18N2O3. The van der Waals surface area contributed by atoms with Crippen LogP contribution >= 0.6 is 0 Å². The highest BCUT2D eigenvalue weighted by molar-refractivity contribution is 5.97. The molecule has 0 spiro atoms. The second-order valence-corrected chi connectivity index (χ2v) is 4.40. The van der Waals surface area contributed by atoms with E-state index in [2.05, 4.69) is 5.32 Å². The van der Waals surface area contributed by atoms with Crippen molar-refractivity contribution in [2.24, 2.45) is 5.73 Å². The van der Waals surface area contributed by atoms with E-state index in [-0.39, 0.29) is 11.9 Å². The highest BCUT2D eigenvalue weighted by atomic mass is 16.3. The van der Waals surface area contributed by atoms with Crippen molar-refractivity contribution in [2.75, 3.05) is 0 Å². The summed E-state index contributed by atoms with van der Waals surface area (Å²) in [6.45, 7) is 3.49. The lowest BCUT2D eigenvalue weighted by Gasteiger charge is -2.15. The SMILES string of the molecule is CC(O)CC(C)NC(=O)c1ccc(C(N)=O)cc1. The van der Waals surface area contributed by atoms with Crippen LogP contribution in [0.1, 0.15) is 41.0 Å². The number of primary amides is 1. The van der Waals surface area contributed by atoms with Crippen molar-refractivity contribution in [1.82, 2.24) is 5.32 Å². The normalized spacial score (nSPS) is 13.7. The summed E-state index contributed by atoms with van der Waals surface area (Å²) in [6.07, 6.45) is 0.0306. The van der Waals surface area contributed by atoms with Gasteiger partial charge < -0.3 is 16.2 Å². The molecule has 1 rings (SSSR count). The maximum atomic E-state index is 11.8. The number of hydrogen-bond acceptors (Lipinski definition) is 3. The van der Waals surface area contributed by atoms with E-state index in [9.17, 15) is 14.7 Å². The molecule has 4 N–H and O–H groups in total. The summed E-state index contributed by atoms with van der Waals surface area (Å²) in [7, 11) is 0. The zero-order chi connectivity index (χ0) is 13.7. The predicted octanol–water partition coefficient (Wildman–Crippen LogP) is 0.675. The molecule has 0 saturated heterocycles. The molecule has 0 aliphatic heterocycles. The van der Waals surface area contributed by atoms with Crippen LogP contribution in [0.3, 0.4) is 0 Å². The van der Waals surface area contributed by atoms with E-state index in [4.69, 9.17) is 5.73 Å². The van der Waals surface area contributed by atoms with Gasteiger partial charge in [0.25, 0.3) is 5.91 Å². The maximum absolute atomic E-state index is 11.8. The van der Waals surface area contributed by atoms with Gasteiger partial charge in [0.1, 0.15) is 0 Å². The molecule has 2 amide bonds. The van der Waals surface area contributed by atoms with Crippen LogP contribution in [0.5, 0.6) is 0 Å². The number of nitrogens with one attached hydrogen (secondary N) is 1. The lowest BCUT2D eigenvalue weighted by molar-refractivity contribution is 0.0921. The lowest BCUT2D eigenvalue weighted by atomic mass is 10.1. The van der Waals surface area contributed by atoms with Crippen molar-refractivity contribution < 1.29 is 14.7 Å². The average Bonchev–Trinajstić information content (AvgIpc) is 2.27. The first kappa shape index (κ1) is 14.2. The van der Waals surface area contributed by atoms with Crippen molar-refractivity contribution >= 4 is 11.8 Å². The van der Waals surface area contributed by atoms with Crippen molar-refractivity contribution in [3.8, 4) is 0 Å².